The first kappa shape index (κ1) is 18.2. The number of carbonyl (C=O) groups is 2. The molecule has 1 amide bonds. The second-order valence-electron chi connectivity index (χ2n) is 5.22. The number of amides is 1. The Morgan fingerprint density at radius 1 is 1.32 bits per heavy atom. The van der Waals surface area contributed by atoms with Gasteiger partial charge in [0.05, 0.1) is 4.92 Å². The predicted molar refractivity (Wildman–Crippen MR) is 83.7 cm³/mol. The number of halogens is 2. The van der Waals surface area contributed by atoms with Crippen LogP contribution in [0.4, 0.5) is 20.2 Å². The van der Waals surface area contributed by atoms with E-state index < -0.39 is 35.2 Å². The minimum atomic E-state index is -3.12. The molecule has 0 unspecified atom stereocenters. The summed E-state index contributed by atoms with van der Waals surface area (Å²) in [5, 5.41) is 16.9. The number of ketones is 1. The van der Waals surface area contributed by atoms with Gasteiger partial charge >= 0.3 is 5.69 Å². The van der Waals surface area contributed by atoms with Crippen molar-refractivity contribution >= 4 is 23.1 Å². The second-order valence-corrected chi connectivity index (χ2v) is 5.22. The summed E-state index contributed by atoms with van der Waals surface area (Å²) in [5.74, 6) is -0.728. The molecule has 0 bridgehead atoms. The van der Waals surface area contributed by atoms with E-state index in [9.17, 15) is 28.5 Å². The Kier molecular flexibility index (Phi) is 5.20. The van der Waals surface area contributed by atoms with Crippen LogP contribution in [0.3, 0.4) is 0 Å². The van der Waals surface area contributed by atoms with Crippen LogP contribution in [0.1, 0.15) is 35.1 Å². The van der Waals surface area contributed by atoms with E-state index >= 15 is 0 Å². The molecule has 0 saturated carbocycles. The van der Waals surface area contributed by atoms with Crippen molar-refractivity contribution in [3.05, 3.63) is 51.3 Å². The lowest BCUT2D eigenvalue weighted by Gasteiger charge is -2.07. The number of hydrogen-bond donors (Lipinski definition) is 1. The molecule has 2 rings (SSSR count). The van der Waals surface area contributed by atoms with Gasteiger partial charge in [0.25, 0.3) is 6.43 Å². The fourth-order valence-corrected chi connectivity index (χ4v) is 2.21. The maximum absolute atomic E-state index is 12.9. The number of alkyl halides is 2. The molecule has 25 heavy (non-hydrogen) atoms. The Balaban J connectivity index is 2.16. The van der Waals surface area contributed by atoms with Gasteiger partial charge in [-0.15, -0.1) is 0 Å². The lowest BCUT2D eigenvalue weighted by atomic mass is 10.1. The summed E-state index contributed by atoms with van der Waals surface area (Å²) in [4.78, 5) is 33.2. The number of anilines is 1. The van der Waals surface area contributed by atoms with Gasteiger partial charge < -0.3 is 5.32 Å². The van der Waals surface area contributed by atoms with Gasteiger partial charge in [-0.25, -0.2) is 8.78 Å². The van der Waals surface area contributed by atoms with Crippen molar-refractivity contribution in [2.75, 3.05) is 5.32 Å². The highest BCUT2D eigenvalue weighted by molar-refractivity contribution is 5.95. The number of nitrogens with zero attached hydrogens (tertiary/aromatic N) is 3. The van der Waals surface area contributed by atoms with Crippen molar-refractivity contribution in [3.63, 3.8) is 0 Å². The van der Waals surface area contributed by atoms with E-state index in [1.807, 2.05) is 0 Å². The fraction of sp³-hybridized carbons (Fsp3) is 0.267. The Morgan fingerprint density at radius 3 is 2.36 bits per heavy atom. The number of hydrogen-bond acceptors (Lipinski definition) is 5. The van der Waals surface area contributed by atoms with Crippen LogP contribution < -0.4 is 5.32 Å². The molecule has 1 heterocycles. The van der Waals surface area contributed by atoms with E-state index in [1.54, 1.807) is 0 Å². The van der Waals surface area contributed by atoms with Crippen LogP contribution in [0, 0.1) is 17.0 Å². The quantitative estimate of drug-likeness (QED) is 0.489. The van der Waals surface area contributed by atoms with Crippen LogP contribution in [0.2, 0.25) is 0 Å². The molecule has 1 aromatic carbocycles. The van der Waals surface area contributed by atoms with Crippen LogP contribution in [-0.4, -0.2) is 26.4 Å². The third kappa shape index (κ3) is 4.03. The van der Waals surface area contributed by atoms with E-state index in [4.69, 9.17) is 0 Å². The third-order valence-electron chi connectivity index (χ3n) is 3.46. The maximum Gasteiger partial charge on any atom is 0.319 e. The van der Waals surface area contributed by atoms with Gasteiger partial charge in [0.1, 0.15) is 12.2 Å². The minimum Gasteiger partial charge on any atom is -0.324 e. The summed E-state index contributed by atoms with van der Waals surface area (Å²) in [6.45, 7) is 2.18. The van der Waals surface area contributed by atoms with Gasteiger partial charge in [-0.1, -0.05) is 0 Å². The largest absolute Gasteiger partial charge is 0.324 e. The zero-order valence-electron chi connectivity index (χ0n) is 13.3. The number of benzene rings is 1. The molecule has 10 heteroatoms. The monoisotopic (exact) mass is 352 g/mol. The van der Waals surface area contributed by atoms with Crippen LogP contribution in [0.15, 0.2) is 24.3 Å². The summed E-state index contributed by atoms with van der Waals surface area (Å²) in [6, 6.07) is 6.07. The first-order valence-electron chi connectivity index (χ1n) is 7.11. The molecular formula is C15H14F2N4O4. The fourth-order valence-electron chi connectivity index (χ4n) is 2.21. The Bertz CT molecular complexity index is 831. The Labute approximate surface area is 140 Å². The van der Waals surface area contributed by atoms with Gasteiger partial charge in [-0.2, -0.15) is 5.10 Å². The minimum absolute atomic E-state index is 0.128. The molecule has 0 radical (unpaired) electrons. The van der Waals surface area contributed by atoms with Crippen LogP contribution >= 0.6 is 0 Å². The molecule has 0 fully saturated rings. The average Bonchev–Trinajstić information content (AvgIpc) is 2.85. The molecule has 8 nitrogen and oxygen atoms in total. The van der Waals surface area contributed by atoms with Crippen LogP contribution in [-0.2, 0) is 11.3 Å². The molecule has 1 N–H and O–H groups in total. The van der Waals surface area contributed by atoms with E-state index in [1.165, 1.54) is 38.1 Å². The first-order valence-corrected chi connectivity index (χ1v) is 7.11. The average molecular weight is 352 g/mol. The maximum atomic E-state index is 12.9. The Morgan fingerprint density at radius 2 is 1.92 bits per heavy atom. The number of nitro groups is 1. The van der Waals surface area contributed by atoms with Crippen molar-refractivity contribution in [1.29, 1.82) is 0 Å². The summed E-state index contributed by atoms with van der Waals surface area (Å²) in [7, 11) is 0. The lowest BCUT2D eigenvalue weighted by Crippen LogP contribution is -2.20. The molecule has 0 saturated heterocycles. The first-order chi connectivity index (χ1) is 11.7. The molecule has 0 aliphatic carbocycles. The summed E-state index contributed by atoms with van der Waals surface area (Å²) >= 11 is 0. The van der Waals surface area contributed by atoms with E-state index in [2.05, 4.69) is 10.4 Å². The molecule has 1 aromatic heterocycles. The highest BCUT2D eigenvalue weighted by Crippen LogP contribution is 2.30. The summed E-state index contributed by atoms with van der Waals surface area (Å²) in [5.41, 5.74) is -1.04. The normalized spacial score (nSPS) is 10.8. The molecule has 0 aliphatic heterocycles. The highest BCUT2D eigenvalue weighted by Gasteiger charge is 2.31. The predicted octanol–water partition coefficient (Wildman–Crippen LogP) is 2.88. The van der Waals surface area contributed by atoms with Gasteiger partial charge in [0.15, 0.2) is 5.78 Å². The van der Waals surface area contributed by atoms with E-state index in [-0.39, 0.29) is 11.5 Å². The van der Waals surface area contributed by atoms with Crippen LogP contribution in [0.5, 0.6) is 0 Å². The topological polar surface area (TPSA) is 107 Å². The van der Waals surface area contributed by atoms with Crippen molar-refractivity contribution in [1.82, 2.24) is 9.78 Å². The summed E-state index contributed by atoms with van der Waals surface area (Å²) in [6.07, 6.45) is -3.12. The number of nitrogens with one attached hydrogen (secondary N) is 1. The van der Waals surface area contributed by atoms with Crippen molar-refractivity contribution in [2.45, 2.75) is 26.8 Å². The second kappa shape index (κ2) is 7.16. The van der Waals surface area contributed by atoms with Gasteiger partial charge in [-0.05, 0) is 38.1 Å². The molecular weight excluding hydrogens is 338 g/mol. The number of aromatic nitrogens is 2. The van der Waals surface area contributed by atoms with Crippen LogP contribution in [0.25, 0.3) is 0 Å². The molecule has 0 spiro atoms. The van der Waals surface area contributed by atoms with Crippen molar-refractivity contribution in [2.24, 2.45) is 0 Å². The zero-order valence-corrected chi connectivity index (χ0v) is 13.3. The number of rotatable bonds is 6. The van der Waals surface area contributed by atoms with E-state index in [0.717, 1.165) is 4.68 Å². The van der Waals surface area contributed by atoms with Gasteiger partial charge in [0, 0.05) is 11.3 Å². The highest BCUT2D eigenvalue weighted by atomic mass is 19.3. The van der Waals surface area contributed by atoms with Gasteiger partial charge in [-0.3, -0.25) is 24.4 Å². The number of carbonyl (C=O) groups excluding carboxylic acids is 2. The SMILES string of the molecule is CC(=O)c1ccc(NC(=O)Cn2nc(C(F)F)c([N+](=O)[O-])c2C)cc1. The zero-order chi connectivity index (χ0) is 18.7. The smallest absolute Gasteiger partial charge is 0.319 e. The standard InChI is InChI=1S/C15H14F2N4O4/c1-8-14(21(24)25)13(15(16)17)19-20(8)7-12(23)18-11-5-3-10(4-6-11)9(2)22/h3-6,15H,7H2,1-2H3,(H,18,23). The molecule has 2 aromatic rings. The lowest BCUT2D eigenvalue weighted by molar-refractivity contribution is -0.386. The van der Waals surface area contributed by atoms with Crippen molar-refractivity contribution in [3.8, 4) is 0 Å². The molecule has 132 valence electrons. The Hall–Kier alpha value is -3.17. The molecule has 0 atom stereocenters. The van der Waals surface area contributed by atoms with Gasteiger partial charge in [0.2, 0.25) is 11.6 Å². The summed E-state index contributed by atoms with van der Waals surface area (Å²) < 4.78 is 26.6. The molecule has 0 aliphatic rings. The third-order valence-corrected chi connectivity index (χ3v) is 3.46. The van der Waals surface area contributed by atoms with E-state index in [0.29, 0.717) is 11.3 Å². The number of Topliss-reactive ketones (excluding diaryl/α,β-unsaturated/α-hetero) is 1. The van der Waals surface area contributed by atoms with Crippen molar-refractivity contribution < 1.29 is 23.3 Å².